The van der Waals surface area contributed by atoms with Gasteiger partial charge in [-0.05, 0) is 69.3 Å². The van der Waals surface area contributed by atoms with Gasteiger partial charge in [0.15, 0.2) is 11.9 Å². The van der Waals surface area contributed by atoms with Gasteiger partial charge in [-0.1, -0.05) is 27.7 Å². The summed E-state index contributed by atoms with van der Waals surface area (Å²) in [6, 6.07) is -12.8. The zero-order chi connectivity index (χ0) is 58.5. The summed E-state index contributed by atoms with van der Waals surface area (Å²) >= 11 is 5.34. The topological polar surface area (TPSA) is 511 Å². The number of aliphatic hydroxyl groups excluding tert-OH is 1. The number of thiol groups is 1. The number of aliphatic hydroxyl groups is 1. The molecule has 0 radical (unpaired) electrons. The number of carbonyl (C=O) groups excluding carboxylic acids is 8. The average Bonchev–Trinajstić information content (AvgIpc) is 3.86. The van der Waals surface area contributed by atoms with Crippen molar-refractivity contribution in [1.82, 2.24) is 52.5 Å². The largest absolute Gasteiger partial charge is 0.481 e. The highest BCUT2D eigenvalue weighted by Gasteiger charge is 2.37. The number of hydrogen-bond donors (Lipinski definition) is 18. The number of carbonyl (C=O) groups is 10. The monoisotopic (exact) mass is 1130 g/mol. The molecule has 0 aromatic carbocycles. The lowest BCUT2D eigenvalue weighted by Gasteiger charge is -2.30. The predicted molar refractivity (Wildman–Crippen MR) is 288 cm³/mol. The molecule has 0 aliphatic rings. The summed E-state index contributed by atoms with van der Waals surface area (Å²) in [5.74, 6) is -11.9. The molecule has 1 aromatic heterocycles. The SMILES string of the molecule is CSCC[C@H](NC(=O)[C@@H](N)Cc1cnc[nH]1)C(=O)N[C@H](C(=O)N[C@@H](CCC(=O)O)C(=O)N[C@H](C(=O)N[C@H](C(=O)N[C@@H](CCCN=C(N)N)C(=O)N[C@@H](CCCN=C(N)N)C(=O)N[C@@H](CS)C(=O)O)C(C)C)C(C)C)[C@@H](C)O. The Bertz CT molecular complexity index is 2180. The van der Waals surface area contributed by atoms with Crippen molar-refractivity contribution in [3.8, 4) is 0 Å². The van der Waals surface area contributed by atoms with Crippen molar-refractivity contribution in [2.24, 2.45) is 50.5 Å². The van der Waals surface area contributed by atoms with E-state index in [9.17, 15) is 63.3 Å². The number of nitrogens with two attached hydrogens (primary N) is 5. The van der Waals surface area contributed by atoms with Crippen LogP contribution >= 0.6 is 24.4 Å². The molecule has 8 amide bonds. The Hall–Kier alpha value is -6.93. The molecule has 0 saturated heterocycles. The van der Waals surface area contributed by atoms with Crippen LogP contribution in [0.3, 0.4) is 0 Å². The van der Waals surface area contributed by atoms with Gasteiger partial charge in [-0.15, -0.1) is 0 Å². The number of nitrogens with zero attached hydrogens (tertiary/aromatic N) is 3. The molecule has 0 saturated carbocycles. The molecule has 1 aromatic rings. The molecular formula is C45H79N17O13S2. The first-order valence-corrected chi connectivity index (χ1v) is 26.6. The van der Waals surface area contributed by atoms with Crippen molar-refractivity contribution >= 4 is 95.5 Å². The Morgan fingerprint density at radius 3 is 1.43 bits per heavy atom. The number of carboxylic acid groups (broad SMARTS) is 2. The number of aliphatic imine (C=N–C) groups is 2. The lowest BCUT2D eigenvalue weighted by molar-refractivity contribution is -0.141. The number of amides is 8. The molecule has 77 heavy (non-hydrogen) atoms. The highest BCUT2D eigenvalue weighted by atomic mass is 32.2. The second-order valence-electron chi connectivity index (χ2n) is 18.5. The molecule has 1 heterocycles. The Labute approximate surface area is 455 Å². The van der Waals surface area contributed by atoms with Gasteiger partial charge in [0, 0.05) is 43.6 Å². The fourth-order valence-electron chi connectivity index (χ4n) is 7.07. The third kappa shape index (κ3) is 26.1. The molecule has 22 N–H and O–H groups in total. The molecule has 30 nitrogen and oxygen atoms in total. The molecule has 0 aliphatic heterocycles. The number of imidazole rings is 1. The first kappa shape index (κ1) is 68.1. The number of nitrogens with one attached hydrogen (secondary N) is 9. The number of H-pyrrole nitrogens is 1. The minimum atomic E-state index is -1.75. The Kier molecular flexibility index (Phi) is 31.3. The first-order chi connectivity index (χ1) is 36.1. The van der Waals surface area contributed by atoms with Crippen LogP contribution in [0.25, 0.3) is 0 Å². The van der Waals surface area contributed by atoms with Crippen molar-refractivity contribution in [3.63, 3.8) is 0 Å². The van der Waals surface area contributed by atoms with Gasteiger partial charge in [0.1, 0.15) is 48.3 Å². The number of aliphatic carboxylic acids is 2. The second-order valence-corrected chi connectivity index (χ2v) is 19.9. The standard InChI is InChI=1S/C45H79N17O13S2/c1-21(2)32(40(71)57-27(10-8-15-53-45(49)50)36(67)56-26(9-7-14-52-44(47)48)37(68)59-30(19-76)43(74)75)61-41(72)33(22(3)4)60-38(69)28(11-12-31(64)65)58-42(73)34(23(5)63)62-39(70)29(13-16-77-6)55-35(66)25(46)17-24-18-51-20-54-24/h18,20-23,25-30,32-34,63,76H,7-17,19,46H2,1-6H3,(H,51,54)(H,55,66)(H,56,67)(H,57,71)(H,58,73)(H,59,68)(H,60,69)(H,61,72)(H,62,70)(H,64,65)(H,74,75)(H4,47,48,52)(H4,49,50,53)/t23-,25+,26+,27+,28+,29+,30+,32+,33+,34+/m1/s1. The van der Waals surface area contributed by atoms with Crippen LogP contribution in [-0.4, -0.2) is 188 Å². The van der Waals surface area contributed by atoms with Crippen LogP contribution in [0.5, 0.6) is 0 Å². The zero-order valence-corrected chi connectivity index (χ0v) is 45.8. The van der Waals surface area contributed by atoms with Crippen molar-refractivity contribution in [2.45, 2.75) is 146 Å². The van der Waals surface area contributed by atoms with Crippen LogP contribution in [0.2, 0.25) is 0 Å². The first-order valence-electron chi connectivity index (χ1n) is 24.6. The molecule has 0 bridgehead atoms. The summed E-state index contributed by atoms with van der Waals surface area (Å²) < 4.78 is 0. The number of aromatic nitrogens is 2. The number of guanidine groups is 2. The second kappa shape index (κ2) is 35.4. The normalized spacial score (nSPS) is 15.0. The van der Waals surface area contributed by atoms with E-state index in [0.717, 1.165) is 0 Å². The van der Waals surface area contributed by atoms with E-state index in [1.807, 2.05) is 0 Å². The van der Waals surface area contributed by atoms with E-state index in [-0.39, 0.29) is 69.3 Å². The highest BCUT2D eigenvalue weighted by Crippen LogP contribution is 2.12. The maximum atomic E-state index is 14.1. The summed E-state index contributed by atoms with van der Waals surface area (Å²) in [5, 5.41) is 49.7. The highest BCUT2D eigenvalue weighted by molar-refractivity contribution is 7.98. The van der Waals surface area contributed by atoms with Gasteiger partial charge in [-0.3, -0.25) is 53.1 Å². The van der Waals surface area contributed by atoms with E-state index in [4.69, 9.17) is 28.7 Å². The molecular weight excluding hydrogens is 1050 g/mol. The number of thioether (sulfide) groups is 1. The maximum Gasteiger partial charge on any atom is 0.327 e. The summed E-state index contributed by atoms with van der Waals surface area (Å²) in [6.45, 7) is 7.46. The fraction of sp³-hybridized carbons (Fsp3) is 0.667. The van der Waals surface area contributed by atoms with Crippen molar-refractivity contribution in [3.05, 3.63) is 18.2 Å². The molecule has 434 valence electrons. The van der Waals surface area contributed by atoms with Crippen molar-refractivity contribution in [2.75, 3.05) is 30.9 Å². The number of hydrogen-bond acceptors (Lipinski definition) is 17. The summed E-state index contributed by atoms with van der Waals surface area (Å²) in [4.78, 5) is 148. The lowest BCUT2D eigenvalue weighted by atomic mass is 9.98. The van der Waals surface area contributed by atoms with E-state index in [2.05, 4.69) is 75.1 Å². The minimum absolute atomic E-state index is 0.0113. The van der Waals surface area contributed by atoms with E-state index >= 15 is 0 Å². The molecule has 10 atom stereocenters. The Morgan fingerprint density at radius 2 is 1.01 bits per heavy atom. The van der Waals surface area contributed by atoms with E-state index in [1.165, 1.54) is 31.2 Å². The van der Waals surface area contributed by atoms with Crippen molar-refractivity contribution < 1.29 is 63.3 Å². The van der Waals surface area contributed by atoms with Crippen molar-refractivity contribution in [1.29, 1.82) is 0 Å². The summed E-state index contributed by atoms with van der Waals surface area (Å²) in [5.41, 5.74) is 28.4. The maximum absolute atomic E-state index is 14.1. The summed E-state index contributed by atoms with van der Waals surface area (Å²) in [6.07, 6.45) is 2.06. The smallest absolute Gasteiger partial charge is 0.327 e. The van der Waals surface area contributed by atoms with Crippen LogP contribution in [0.4, 0.5) is 0 Å². The van der Waals surface area contributed by atoms with Crippen LogP contribution in [-0.2, 0) is 54.4 Å². The third-order valence-electron chi connectivity index (χ3n) is 11.4. The number of rotatable bonds is 37. The third-order valence-corrected chi connectivity index (χ3v) is 12.4. The van der Waals surface area contributed by atoms with Gasteiger partial charge in [-0.25, -0.2) is 9.78 Å². The number of aromatic amines is 1. The molecule has 0 aliphatic carbocycles. The van der Waals surface area contributed by atoms with Gasteiger partial charge in [0.25, 0.3) is 0 Å². The van der Waals surface area contributed by atoms with E-state index < -0.39 is 144 Å². The van der Waals surface area contributed by atoms with Gasteiger partial charge in [0.2, 0.25) is 47.3 Å². The van der Waals surface area contributed by atoms with Crippen LogP contribution < -0.4 is 71.2 Å². The van der Waals surface area contributed by atoms with Crippen LogP contribution in [0.1, 0.15) is 85.3 Å². The Morgan fingerprint density at radius 1 is 0.610 bits per heavy atom. The molecule has 0 unspecified atom stereocenters. The number of carboxylic acids is 2. The minimum Gasteiger partial charge on any atom is -0.481 e. The molecule has 0 fully saturated rings. The molecule has 1 rings (SSSR count). The van der Waals surface area contributed by atoms with Gasteiger partial charge >= 0.3 is 11.9 Å². The van der Waals surface area contributed by atoms with E-state index in [1.54, 1.807) is 34.0 Å². The zero-order valence-electron chi connectivity index (χ0n) is 44.1. The quantitative estimate of drug-likeness (QED) is 0.0128. The fourth-order valence-corrected chi connectivity index (χ4v) is 7.79. The predicted octanol–water partition coefficient (Wildman–Crippen LogP) is -5.41. The molecule has 0 spiro atoms. The summed E-state index contributed by atoms with van der Waals surface area (Å²) in [7, 11) is 0. The van der Waals surface area contributed by atoms with Gasteiger partial charge < -0.3 is 91.5 Å². The molecule has 32 heteroatoms. The van der Waals surface area contributed by atoms with Crippen LogP contribution in [0, 0.1) is 11.8 Å². The average molecular weight is 1130 g/mol. The van der Waals surface area contributed by atoms with E-state index in [0.29, 0.717) is 11.4 Å². The lowest BCUT2D eigenvalue weighted by Crippen LogP contribution is -2.62. The Balaban J connectivity index is 3.44. The van der Waals surface area contributed by atoms with Gasteiger partial charge in [0.05, 0.1) is 18.5 Å². The van der Waals surface area contributed by atoms with Crippen LogP contribution in [0.15, 0.2) is 22.5 Å². The van der Waals surface area contributed by atoms with Gasteiger partial charge in [-0.2, -0.15) is 24.4 Å².